The van der Waals surface area contributed by atoms with Gasteiger partial charge in [-0.3, -0.25) is 0 Å². The van der Waals surface area contributed by atoms with Gasteiger partial charge in [0.25, 0.3) is 0 Å². The Balaban J connectivity index is 1.73. The van der Waals surface area contributed by atoms with Crippen LogP contribution in [0.3, 0.4) is 0 Å². The molecule has 3 heteroatoms. The van der Waals surface area contributed by atoms with Crippen LogP contribution in [0.25, 0.3) is 0 Å². The smallest absolute Gasteiger partial charge is 0.145 e. The molecule has 106 valence electrons. The molecule has 0 amide bonds. The topological polar surface area (TPSA) is 45.0 Å². The van der Waals surface area contributed by atoms with E-state index in [2.05, 4.69) is 11.4 Å². The number of para-hydroxylation sites is 2. The fourth-order valence-corrected chi connectivity index (χ4v) is 2.07. The summed E-state index contributed by atoms with van der Waals surface area (Å²) in [6.45, 7) is 0. The molecule has 3 aromatic carbocycles. The first kappa shape index (κ1) is 13.7. The van der Waals surface area contributed by atoms with Crippen molar-refractivity contribution < 1.29 is 4.74 Å². The van der Waals surface area contributed by atoms with Gasteiger partial charge in [-0.25, -0.2) is 0 Å². The first-order chi connectivity index (χ1) is 10.8. The van der Waals surface area contributed by atoms with E-state index in [0.717, 1.165) is 11.4 Å². The molecule has 1 N–H and O–H groups in total. The van der Waals surface area contributed by atoms with E-state index in [-0.39, 0.29) is 0 Å². The third kappa shape index (κ3) is 3.25. The summed E-state index contributed by atoms with van der Waals surface area (Å²) in [5.41, 5.74) is 2.53. The lowest BCUT2D eigenvalue weighted by molar-refractivity contribution is 0.481. The molecule has 0 aliphatic rings. The Bertz CT molecular complexity index is 790. The second kappa shape index (κ2) is 6.47. The third-order valence-electron chi connectivity index (χ3n) is 3.15. The van der Waals surface area contributed by atoms with Crippen LogP contribution in [0.1, 0.15) is 5.56 Å². The van der Waals surface area contributed by atoms with E-state index in [1.807, 2.05) is 66.7 Å². The number of benzene rings is 3. The van der Waals surface area contributed by atoms with E-state index in [0.29, 0.717) is 17.1 Å². The SMILES string of the molecule is N#Cc1ccccc1Oc1ccc(Nc2ccccc2)cc1. The van der Waals surface area contributed by atoms with Gasteiger partial charge in [0.2, 0.25) is 0 Å². The maximum absolute atomic E-state index is 9.06. The molecule has 0 saturated heterocycles. The molecule has 3 aromatic rings. The fraction of sp³-hybridized carbons (Fsp3) is 0. The van der Waals surface area contributed by atoms with Crippen molar-refractivity contribution in [1.29, 1.82) is 5.26 Å². The molecule has 0 aromatic heterocycles. The lowest BCUT2D eigenvalue weighted by Gasteiger charge is -2.09. The van der Waals surface area contributed by atoms with E-state index in [4.69, 9.17) is 10.00 Å². The van der Waals surface area contributed by atoms with Crippen molar-refractivity contribution in [3.63, 3.8) is 0 Å². The van der Waals surface area contributed by atoms with Gasteiger partial charge in [0, 0.05) is 11.4 Å². The van der Waals surface area contributed by atoms with Crippen molar-refractivity contribution in [2.75, 3.05) is 5.32 Å². The summed E-state index contributed by atoms with van der Waals surface area (Å²) in [6.07, 6.45) is 0. The lowest BCUT2D eigenvalue weighted by Crippen LogP contribution is -1.91. The molecule has 0 aliphatic heterocycles. The zero-order chi connectivity index (χ0) is 15.2. The minimum absolute atomic E-state index is 0.522. The second-order valence-corrected chi connectivity index (χ2v) is 4.73. The van der Waals surface area contributed by atoms with Crippen LogP contribution < -0.4 is 10.1 Å². The Labute approximate surface area is 129 Å². The van der Waals surface area contributed by atoms with E-state index in [9.17, 15) is 0 Å². The molecule has 0 aliphatic carbocycles. The average Bonchev–Trinajstić information content (AvgIpc) is 2.58. The molecule has 3 nitrogen and oxygen atoms in total. The zero-order valence-electron chi connectivity index (χ0n) is 11.9. The van der Waals surface area contributed by atoms with Gasteiger partial charge in [0.05, 0.1) is 5.56 Å². The number of hydrogen-bond acceptors (Lipinski definition) is 3. The van der Waals surface area contributed by atoms with Crippen LogP contribution in [0.4, 0.5) is 11.4 Å². The molecule has 0 radical (unpaired) electrons. The standard InChI is InChI=1S/C19H14N2O/c20-14-15-6-4-5-9-19(15)22-18-12-10-17(11-13-18)21-16-7-2-1-3-8-16/h1-13,21H. The van der Waals surface area contributed by atoms with Gasteiger partial charge in [-0.05, 0) is 48.5 Å². The van der Waals surface area contributed by atoms with Gasteiger partial charge < -0.3 is 10.1 Å². The summed E-state index contributed by atoms with van der Waals surface area (Å²) in [4.78, 5) is 0. The highest BCUT2D eigenvalue weighted by Gasteiger charge is 2.03. The van der Waals surface area contributed by atoms with Gasteiger partial charge in [-0.2, -0.15) is 5.26 Å². The number of nitrogens with zero attached hydrogens (tertiary/aromatic N) is 1. The van der Waals surface area contributed by atoms with Crippen LogP contribution in [0.5, 0.6) is 11.5 Å². The Morgan fingerprint density at radius 1 is 0.727 bits per heavy atom. The Morgan fingerprint density at radius 2 is 1.36 bits per heavy atom. The molecule has 0 spiro atoms. The lowest BCUT2D eigenvalue weighted by atomic mass is 10.2. The number of ether oxygens (including phenoxy) is 1. The number of rotatable bonds is 4. The third-order valence-corrected chi connectivity index (χ3v) is 3.15. The van der Waals surface area contributed by atoms with Crippen molar-refractivity contribution >= 4 is 11.4 Å². The van der Waals surface area contributed by atoms with Crippen LogP contribution in [0, 0.1) is 11.3 Å². The van der Waals surface area contributed by atoms with Crippen LogP contribution in [-0.2, 0) is 0 Å². The highest BCUT2D eigenvalue weighted by molar-refractivity contribution is 5.60. The Hall–Kier alpha value is -3.25. The predicted octanol–water partition coefficient (Wildman–Crippen LogP) is 5.09. The van der Waals surface area contributed by atoms with E-state index >= 15 is 0 Å². The Morgan fingerprint density at radius 3 is 2.09 bits per heavy atom. The summed E-state index contributed by atoms with van der Waals surface area (Å²) in [5, 5.41) is 12.4. The number of anilines is 2. The van der Waals surface area contributed by atoms with Crippen LogP contribution >= 0.6 is 0 Å². The van der Waals surface area contributed by atoms with Gasteiger partial charge in [0.1, 0.15) is 17.6 Å². The highest BCUT2D eigenvalue weighted by atomic mass is 16.5. The summed E-state index contributed by atoms with van der Waals surface area (Å²) in [7, 11) is 0. The van der Waals surface area contributed by atoms with Crippen molar-refractivity contribution in [1.82, 2.24) is 0 Å². The van der Waals surface area contributed by atoms with E-state index in [1.54, 1.807) is 12.1 Å². The van der Waals surface area contributed by atoms with Gasteiger partial charge in [-0.15, -0.1) is 0 Å². The van der Waals surface area contributed by atoms with Gasteiger partial charge in [-0.1, -0.05) is 30.3 Å². The molecule has 3 rings (SSSR count). The normalized spacial score (nSPS) is 9.77. The maximum Gasteiger partial charge on any atom is 0.145 e. The minimum Gasteiger partial charge on any atom is -0.456 e. The number of hydrogen-bond donors (Lipinski definition) is 1. The number of nitriles is 1. The van der Waals surface area contributed by atoms with E-state index in [1.165, 1.54) is 0 Å². The molecular formula is C19H14N2O. The van der Waals surface area contributed by atoms with Crippen molar-refractivity contribution in [2.24, 2.45) is 0 Å². The zero-order valence-corrected chi connectivity index (χ0v) is 11.9. The van der Waals surface area contributed by atoms with E-state index < -0.39 is 0 Å². The fourth-order valence-electron chi connectivity index (χ4n) is 2.07. The molecular weight excluding hydrogens is 272 g/mol. The Kier molecular flexibility index (Phi) is 4.03. The van der Waals surface area contributed by atoms with Crippen LogP contribution in [0.2, 0.25) is 0 Å². The minimum atomic E-state index is 0.522. The average molecular weight is 286 g/mol. The first-order valence-corrected chi connectivity index (χ1v) is 6.94. The largest absolute Gasteiger partial charge is 0.456 e. The van der Waals surface area contributed by atoms with Gasteiger partial charge in [0.15, 0.2) is 0 Å². The summed E-state index contributed by atoms with van der Waals surface area (Å²) >= 11 is 0. The molecule has 22 heavy (non-hydrogen) atoms. The highest BCUT2D eigenvalue weighted by Crippen LogP contribution is 2.26. The molecule has 0 atom stereocenters. The molecule has 0 fully saturated rings. The second-order valence-electron chi connectivity index (χ2n) is 4.73. The predicted molar refractivity (Wildman–Crippen MR) is 87.4 cm³/mol. The van der Waals surface area contributed by atoms with Crippen molar-refractivity contribution in [2.45, 2.75) is 0 Å². The van der Waals surface area contributed by atoms with Crippen LogP contribution in [0.15, 0.2) is 78.9 Å². The van der Waals surface area contributed by atoms with Crippen molar-refractivity contribution in [3.05, 3.63) is 84.4 Å². The summed E-state index contributed by atoms with van der Waals surface area (Å²) in [6, 6.07) is 26.9. The quantitative estimate of drug-likeness (QED) is 0.726. The summed E-state index contributed by atoms with van der Waals surface area (Å²) < 4.78 is 5.76. The molecule has 0 unspecified atom stereocenters. The monoisotopic (exact) mass is 286 g/mol. The maximum atomic E-state index is 9.06. The number of nitrogens with one attached hydrogen (secondary N) is 1. The first-order valence-electron chi connectivity index (χ1n) is 6.94. The van der Waals surface area contributed by atoms with Gasteiger partial charge >= 0.3 is 0 Å². The molecule has 0 saturated carbocycles. The van der Waals surface area contributed by atoms with Crippen LogP contribution in [-0.4, -0.2) is 0 Å². The summed E-state index contributed by atoms with van der Waals surface area (Å²) in [5.74, 6) is 1.26. The molecule has 0 heterocycles. The van der Waals surface area contributed by atoms with Crippen molar-refractivity contribution in [3.8, 4) is 17.6 Å². The molecule has 0 bridgehead atoms.